The number of anilines is 2. The van der Waals surface area contributed by atoms with E-state index in [-0.39, 0.29) is 24.0 Å². The van der Waals surface area contributed by atoms with E-state index in [4.69, 9.17) is 11.6 Å². The fraction of sp³-hybridized carbons (Fsp3) is 0.211. The van der Waals surface area contributed by atoms with Gasteiger partial charge < -0.3 is 10.2 Å². The number of ketones is 1. The molecule has 0 bridgehead atoms. The van der Waals surface area contributed by atoms with Gasteiger partial charge in [0.25, 0.3) is 0 Å². The maximum absolute atomic E-state index is 12.4. The van der Waals surface area contributed by atoms with Crippen molar-refractivity contribution in [2.24, 2.45) is 5.92 Å². The lowest BCUT2D eigenvalue weighted by Crippen LogP contribution is -2.28. The standard InChI is InChI=1S/C19H17ClN2O3/c1-12(23)13-5-7-17(8-6-13)22-11-14(9-18(22)24)19(25)21-16-4-2-3-15(20)10-16/h2-8,10,14H,9,11H2,1H3,(H,21,25). The summed E-state index contributed by atoms with van der Waals surface area (Å²) < 4.78 is 0. The average molecular weight is 357 g/mol. The van der Waals surface area contributed by atoms with Crippen molar-refractivity contribution in [3.05, 3.63) is 59.1 Å². The second kappa shape index (κ2) is 7.07. The monoisotopic (exact) mass is 356 g/mol. The molecule has 0 aromatic heterocycles. The molecule has 6 heteroatoms. The van der Waals surface area contributed by atoms with Crippen molar-refractivity contribution < 1.29 is 14.4 Å². The van der Waals surface area contributed by atoms with Crippen LogP contribution in [-0.4, -0.2) is 24.1 Å². The molecular weight excluding hydrogens is 340 g/mol. The molecule has 2 aromatic rings. The van der Waals surface area contributed by atoms with Gasteiger partial charge in [0.1, 0.15) is 0 Å². The van der Waals surface area contributed by atoms with Crippen LogP contribution in [0.1, 0.15) is 23.7 Å². The molecule has 0 spiro atoms. The van der Waals surface area contributed by atoms with Crippen molar-refractivity contribution in [3.63, 3.8) is 0 Å². The van der Waals surface area contributed by atoms with Gasteiger partial charge in [-0.3, -0.25) is 14.4 Å². The Hall–Kier alpha value is -2.66. The molecule has 1 unspecified atom stereocenters. The first kappa shape index (κ1) is 17.2. The molecule has 0 aliphatic carbocycles. The zero-order valence-corrected chi connectivity index (χ0v) is 14.4. The molecule has 25 heavy (non-hydrogen) atoms. The third kappa shape index (κ3) is 3.88. The first-order valence-corrected chi connectivity index (χ1v) is 8.29. The number of carbonyl (C=O) groups excluding carboxylic acids is 3. The number of amides is 2. The van der Waals surface area contributed by atoms with E-state index in [1.807, 2.05) is 0 Å². The van der Waals surface area contributed by atoms with Gasteiger partial charge in [-0.15, -0.1) is 0 Å². The maximum atomic E-state index is 12.4. The minimum absolute atomic E-state index is 0.0296. The summed E-state index contributed by atoms with van der Waals surface area (Å²) in [5.74, 6) is -0.780. The highest BCUT2D eigenvalue weighted by Crippen LogP contribution is 2.26. The summed E-state index contributed by atoms with van der Waals surface area (Å²) in [7, 11) is 0. The third-order valence-electron chi connectivity index (χ3n) is 4.17. The molecule has 1 aliphatic rings. The van der Waals surface area contributed by atoms with E-state index in [1.54, 1.807) is 53.4 Å². The summed E-state index contributed by atoms with van der Waals surface area (Å²) >= 11 is 5.91. The minimum Gasteiger partial charge on any atom is -0.326 e. The Kier molecular flexibility index (Phi) is 4.86. The number of nitrogens with zero attached hydrogens (tertiary/aromatic N) is 1. The van der Waals surface area contributed by atoms with E-state index in [0.717, 1.165) is 0 Å². The van der Waals surface area contributed by atoms with Gasteiger partial charge in [-0.2, -0.15) is 0 Å². The number of carbonyl (C=O) groups is 3. The smallest absolute Gasteiger partial charge is 0.229 e. The predicted molar refractivity (Wildman–Crippen MR) is 97.0 cm³/mol. The molecule has 1 N–H and O–H groups in total. The topological polar surface area (TPSA) is 66.5 Å². The molecule has 5 nitrogen and oxygen atoms in total. The summed E-state index contributed by atoms with van der Waals surface area (Å²) in [5, 5.41) is 3.33. The van der Waals surface area contributed by atoms with E-state index < -0.39 is 5.92 Å². The van der Waals surface area contributed by atoms with Crippen LogP contribution in [0.4, 0.5) is 11.4 Å². The van der Waals surface area contributed by atoms with Gasteiger partial charge in [0.2, 0.25) is 11.8 Å². The van der Waals surface area contributed by atoms with E-state index in [1.165, 1.54) is 6.92 Å². The summed E-state index contributed by atoms with van der Waals surface area (Å²) in [4.78, 5) is 37.6. The van der Waals surface area contributed by atoms with Gasteiger partial charge in [-0.05, 0) is 49.4 Å². The SMILES string of the molecule is CC(=O)c1ccc(N2CC(C(=O)Nc3cccc(Cl)c3)CC2=O)cc1. The Labute approximate surface area is 150 Å². The first-order chi connectivity index (χ1) is 11.9. The molecule has 1 saturated heterocycles. The second-order valence-electron chi connectivity index (χ2n) is 6.01. The van der Waals surface area contributed by atoms with Crippen LogP contribution < -0.4 is 10.2 Å². The van der Waals surface area contributed by atoms with Crippen molar-refractivity contribution in [2.45, 2.75) is 13.3 Å². The molecule has 0 radical (unpaired) electrons. The van der Waals surface area contributed by atoms with Crippen molar-refractivity contribution >= 4 is 40.6 Å². The number of halogens is 1. The molecule has 1 fully saturated rings. The first-order valence-electron chi connectivity index (χ1n) is 7.92. The maximum Gasteiger partial charge on any atom is 0.229 e. The molecule has 2 aromatic carbocycles. The van der Waals surface area contributed by atoms with Crippen LogP contribution in [0.5, 0.6) is 0 Å². The summed E-state index contributed by atoms with van der Waals surface area (Å²) in [6.07, 6.45) is 0.154. The van der Waals surface area contributed by atoms with Crippen LogP contribution in [0, 0.1) is 5.92 Å². The van der Waals surface area contributed by atoms with Crippen LogP contribution in [0.15, 0.2) is 48.5 Å². The number of benzene rings is 2. The number of rotatable bonds is 4. The molecule has 1 atom stereocenters. The molecule has 3 rings (SSSR count). The van der Waals surface area contributed by atoms with Gasteiger partial charge in [-0.25, -0.2) is 0 Å². The highest BCUT2D eigenvalue weighted by Gasteiger charge is 2.35. The van der Waals surface area contributed by atoms with Gasteiger partial charge in [0.05, 0.1) is 5.92 Å². The van der Waals surface area contributed by atoms with Crippen LogP contribution in [-0.2, 0) is 9.59 Å². The molecular formula is C19H17ClN2O3. The highest BCUT2D eigenvalue weighted by molar-refractivity contribution is 6.30. The summed E-state index contributed by atoms with van der Waals surface area (Å²) in [6, 6.07) is 13.7. The molecule has 1 heterocycles. The van der Waals surface area contributed by atoms with Gasteiger partial charge in [0, 0.05) is 34.9 Å². The molecule has 2 amide bonds. The molecule has 1 aliphatic heterocycles. The quantitative estimate of drug-likeness (QED) is 0.852. The van der Waals surface area contributed by atoms with Crippen molar-refractivity contribution in [1.29, 1.82) is 0 Å². The largest absolute Gasteiger partial charge is 0.326 e. The highest BCUT2D eigenvalue weighted by atomic mass is 35.5. The van der Waals surface area contributed by atoms with Crippen LogP contribution in [0.25, 0.3) is 0 Å². The average Bonchev–Trinajstić information content (AvgIpc) is 2.97. The number of hydrogen-bond acceptors (Lipinski definition) is 3. The fourth-order valence-corrected chi connectivity index (χ4v) is 3.01. The third-order valence-corrected chi connectivity index (χ3v) is 4.41. The Balaban J connectivity index is 1.69. The van der Waals surface area contributed by atoms with E-state index in [9.17, 15) is 14.4 Å². The molecule has 0 saturated carbocycles. The minimum atomic E-state index is -0.432. The lowest BCUT2D eigenvalue weighted by molar-refractivity contribution is -0.122. The summed E-state index contributed by atoms with van der Waals surface area (Å²) in [6.45, 7) is 1.80. The zero-order chi connectivity index (χ0) is 18.0. The number of nitrogens with one attached hydrogen (secondary N) is 1. The normalized spacial score (nSPS) is 16.8. The van der Waals surface area contributed by atoms with E-state index in [0.29, 0.717) is 28.5 Å². The Bertz CT molecular complexity index is 833. The van der Waals surface area contributed by atoms with Gasteiger partial charge in [0.15, 0.2) is 5.78 Å². The van der Waals surface area contributed by atoms with Crippen LogP contribution in [0.3, 0.4) is 0 Å². The van der Waals surface area contributed by atoms with Gasteiger partial charge in [-0.1, -0.05) is 17.7 Å². The zero-order valence-electron chi connectivity index (χ0n) is 13.7. The summed E-state index contributed by atoms with van der Waals surface area (Å²) in [5.41, 5.74) is 1.88. The van der Waals surface area contributed by atoms with Crippen molar-refractivity contribution in [3.8, 4) is 0 Å². The van der Waals surface area contributed by atoms with Crippen LogP contribution >= 0.6 is 11.6 Å². The van der Waals surface area contributed by atoms with E-state index >= 15 is 0 Å². The lowest BCUT2D eigenvalue weighted by atomic mass is 10.1. The fourth-order valence-electron chi connectivity index (χ4n) is 2.82. The number of hydrogen-bond donors (Lipinski definition) is 1. The van der Waals surface area contributed by atoms with Crippen LogP contribution in [0.2, 0.25) is 5.02 Å². The number of Topliss-reactive ketones (excluding diaryl/α,β-unsaturated/α-hetero) is 1. The Morgan fingerprint density at radius 1 is 1.16 bits per heavy atom. The second-order valence-corrected chi connectivity index (χ2v) is 6.44. The Morgan fingerprint density at radius 2 is 1.88 bits per heavy atom. The van der Waals surface area contributed by atoms with Gasteiger partial charge >= 0.3 is 0 Å². The molecule has 128 valence electrons. The van der Waals surface area contributed by atoms with Crippen molar-refractivity contribution in [1.82, 2.24) is 0 Å². The van der Waals surface area contributed by atoms with E-state index in [2.05, 4.69) is 5.32 Å². The Morgan fingerprint density at radius 3 is 2.52 bits per heavy atom. The lowest BCUT2D eigenvalue weighted by Gasteiger charge is -2.17. The van der Waals surface area contributed by atoms with Crippen molar-refractivity contribution in [2.75, 3.05) is 16.8 Å². The predicted octanol–water partition coefficient (Wildman–Crippen LogP) is 3.53.